The average molecular weight is 206 g/mol. The number of aliphatic hydroxyl groups is 1. The van der Waals surface area contributed by atoms with Gasteiger partial charge in [-0.25, -0.2) is 0 Å². The highest BCUT2D eigenvalue weighted by atomic mass is 16.5. The number of benzene rings is 1. The average Bonchev–Trinajstić information content (AvgIpc) is 2.41. The van der Waals surface area contributed by atoms with Crippen LogP contribution in [-0.2, 0) is 5.41 Å². The molecule has 1 N–H and O–H groups in total. The summed E-state index contributed by atoms with van der Waals surface area (Å²) in [7, 11) is 0. The van der Waals surface area contributed by atoms with Crippen LogP contribution in [0.25, 0.3) is 0 Å². The molecule has 2 unspecified atom stereocenters. The van der Waals surface area contributed by atoms with Crippen LogP contribution in [0.1, 0.15) is 44.9 Å². The summed E-state index contributed by atoms with van der Waals surface area (Å²) < 4.78 is 5.54. The second-order valence-electron chi connectivity index (χ2n) is 5.27. The summed E-state index contributed by atoms with van der Waals surface area (Å²) in [4.78, 5) is 0. The molecule has 1 aliphatic heterocycles. The molecule has 0 spiro atoms. The third-order valence-corrected chi connectivity index (χ3v) is 2.95. The summed E-state index contributed by atoms with van der Waals surface area (Å²) in [6.45, 7) is 8.39. The first kappa shape index (κ1) is 10.5. The van der Waals surface area contributed by atoms with E-state index < -0.39 is 6.10 Å². The van der Waals surface area contributed by atoms with Gasteiger partial charge in [-0.15, -0.1) is 0 Å². The molecule has 1 heterocycles. The normalized spacial score (nSPS) is 24.9. The van der Waals surface area contributed by atoms with Crippen LogP contribution in [-0.4, -0.2) is 11.2 Å². The van der Waals surface area contributed by atoms with E-state index in [0.717, 1.165) is 11.3 Å². The summed E-state index contributed by atoms with van der Waals surface area (Å²) >= 11 is 0. The van der Waals surface area contributed by atoms with Crippen molar-refractivity contribution in [3.05, 3.63) is 29.3 Å². The number of aliphatic hydroxyl groups excluding tert-OH is 1. The fourth-order valence-electron chi connectivity index (χ4n) is 1.87. The van der Waals surface area contributed by atoms with Gasteiger partial charge in [0.1, 0.15) is 18.0 Å². The minimum Gasteiger partial charge on any atom is -0.487 e. The Balaban J connectivity index is 2.44. The largest absolute Gasteiger partial charge is 0.487 e. The van der Waals surface area contributed by atoms with Crippen molar-refractivity contribution in [2.45, 2.75) is 45.3 Å². The first-order valence-corrected chi connectivity index (χ1v) is 5.39. The van der Waals surface area contributed by atoms with Gasteiger partial charge in [-0.2, -0.15) is 0 Å². The molecule has 1 aromatic carbocycles. The second-order valence-corrected chi connectivity index (χ2v) is 5.27. The van der Waals surface area contributed by atoms with Gasteiger partial charge in [-0.05, 0) is 30.0 Å². The predicted octanol–water partition coefficient (Wildman–Crippen LogP) is 2.80. The van der Waals surface area contributed by atoms with Crippen LogP contribution in [0.15, 0.2) is 18.2 Å². The maximum absolute atomic E-state index is 9.92. The van der Waals surface area contributed by atoms with E-state index in [4.69, 9.17) is 4.74 Å². The third-order valence-electron chi connectivity index (χ3n) is 2.95. The lowest BCUT2D eigenvalue weighted by molar-refractivity contribution is 0.0795. The smallest absolute Gasteiger partial charge is 0.126 e. The van der Waals surface area contributed by atoms with E-state index in [0.29, 0.717) is 0 Å². The summed E-state index contributed by atoms with van der Waals surface area (Å²) in [5.41, 5.74) is 2.27. The van der Waals surface area contributed by atoms with Gasteiger partial charge < -0.3 is 9.84 Å². The zero-order valence-electron chi connectivity index (χ0n) is 9.74. The van der Waals surface area contributed by atoms with Gasteiger partial charge in [0.05, 0.1) is 0 Å². The van der Waals surface area contributed by atoms with Crippen LogP contribution in [0.2, 0.25) is 0 Å². The summed E-state index contributed by atoms with van der Waals surface area (Å²) in [6.07, 6.45) is -0.613. The second kappa shape index (κ2) is 3.24. The number of ether oxygens (including phenoxy) is 1. The van der Waals surface area contributed by atoms with Crippen LogP contribution in [0, 0.1) is 0 Å². The topological polar surface area (TPSA) is 29.5 Å². The molecule has 82 valence electrons. The van der Waals surface area contributed by atoms with Crippen LogP contribution >= 0.6 is 0 Å². The van der Waals surface area contributed by atoms with E-state index in [1.54, 1.807) is 0 Å². The molecule has 2 atom stereocenters. The fraction of sp³-hybridized carbons (Fsp3) is 0.538. The van der Waals surface area contributed by atoms with E-state index in [1.807, 2.05) is 13.0 Å². The predicted molar refractivity (Wildman–Crippen MR) is 60.2 cm³/mol. The Morgan fingerprint density at radius 3 is 2.53 bits per heavy atom. The number of rotatable bonds is 0. The Morgan fingerprint density at radius 1 is 1.27 bits per heavy atom. The maximum atomic E-state index is 9.92. The van der Waals surface area contributed by atoms with Gasteiger partial charge in [-0.3, -0.25) is 0 Å². The minimum atomic E-state index is -0.484. The third kappa shape index (κ3) is 1.74. The van der Waals surface area contributed by atoms with E-state index in [-0.39, 0.29) is 11.5 Å². The van der Waals surface area contributed by atoms with Gasteiger partial charge in [0.15, 0.2) is 0 Å². The Bertz CT molecular complexity index is 377. The number of hydrogen-bond donors (Lipinski definition) is 1. The molecule has 2 rings (SSSR count). The number of fused-ring (bicyclic) bond motifs is 1. The van der Waals surface area contributed by atoms with Crippen molar-refractivity contribution >= 4 is 0 Å². The molecular weight excluding hydrogens is 188 g/mol. The molecule has 0 aromatic heterocycles. The van der Waals surface area contributed by atoms with Gasteiger partial charge >= 0.3 is 0 Å². The molecule has 0 bridgehead atoms. The SMILES string of the molecule is CC1Oc2ccc(C(C)(C)C)cc2C1O. The van der Waals surface area contributed by atoms with E-state index in [9.17, 15) is 5.11 Å². The Morgan fingerprint density at radius 2 is 1.93 bits per heavy atom. The molecule has 1 aromatic rings. The Hall–Kier alpha value is -1.02. The van der Waals surface area contributed by atoms with Crippen molar-refractivity contribution in [3.63, 3.8) is 0 Å². The summed E-state index contributed by atoms with van der Waals surface area (Å²) in [5, 5.41) is 9.92. The van der Waals surface area contributed by atoms with Crippen molar-refractivity contribution in [2.24, 2.45) is 0 Å². The first-order valence-electron chi connectivity index (χ1n) is 5.39. The van der Waals surface area contributed by atoms with Gasteiger partial charge in [0, 0.05) is 5.56 Å². The summed E-state index contributed by atoms with van der Waals surface area (Å²) in [6, 6.07) is 6.09. The Kier molecular flexibility index (Phi) is 2.27. The Labute approximate surface area is 90.9 Å². The molecule has 2 nitrogen and oxygen atoms in total. The van der Waals surface area contributed by atoms with Crippen molar-refractivity contribution in [1.29, 1.82) is 0 Å². The van der Waals surface area contributed by atoms with Crippen molar-refractivity contribution in [2.75, 3.05) is 0 Å². The van der Waals surface area contributed by atoms with Gasteiger partial charge in [0.25, 0.3) is 0 Å². The van der Waals surface area contributed by atoms with Crippen molar-refractivity contribution in [3.8, 4) is 5.75 Å². The van der Waals surface area contributed by atoms with Gasteiger partial charge in [0.2, 0.25) is 0 Å². The van der Waals surface area contributed by atoms with Crippen molar-refractivity contribution in [1.82, 2.24) is 0 Å². The minimum absolute atomic E-state index is 0.112. The lowest BCUT2D eigenvalue weighted by Crippen LogP contribution is -2.13. The number of hydrogen-bond acceptors (Lipinski definition) is 2. The molecule has 0 amide bonds. The maximum Gasteiger partial charge on any atom is 0.126 e. The molecule has 0 saturated heterocycles. The quantitative estimate of drug-likeness (QED) is 0.707. The van der Waals surface area contributed by atoms with Crippen LogP contribution in [0.3, 0.4) is 0 Å². The van der Waals surface area contributed by atoms with Crippen molar-refractivity contribution < 1.29 is 9.84 Å². The van der Waals surface area contributed by atoms with E-state index in [1.165, 1.54) is 5.56 Å². The molecule has 0 saturated carbocycles. The highest BCUT2D eigenvalue weighted by Crippen LogP contribution is 2.38. The summed E-state index contributed by atoms with van der Waals surface area (Å²) in [5.74, 6) is 0.822. The lowest BCUT2D eigenvalue weighted by Gasteiger charge is -2.19. The van der Waals surface area contributed by atoms with E-state index >= 15 is 0 Å². The molecule has 0 radical (unpaired) electrons. The molecule has 15 heavy (non-hydrogen) atoms. The molecule has 0 fully saturated rings. The van der Waals surface area contributed by atoms with Gasteiger partial charge in [-0.1, -0.05) is 26.8 Å². The highest BCUT2D eigenvalue weighted by Gasteiger charge is 2.30. The lowest BCUT2D eigenvalue weighted by atomic mass is 9.85. The van der Waals surface area contributed by atoms with E-state index in [2.05, 4.69) is 32.9 Å². The van der Waals surface area contributed by atoms with Crippen LogP contribution in [0.5, 0.6) is 5.75 Å². The fourth-order valence-corrected chi connectivity index (χ4v) is 1.87. The molecular formula is C13H18O2. The standard InChI is InChI=1S/C13H18O2/c1-8-12(14)10-7-9(13(2,3)4)5-6-11(10)15-8/h5-8,12,14H,1-4H3. The molecule has 1 aliphatic rings. The molecule has 0 aliphatic carbocycles. The van der Waals surface area contributed by atoms with Crippen LogP contribution in [0.4, 0.5) is 0 Å². The molecule has 2 heteroatoms. The zero-order valence-corrected chi connectivity index (χ0v) is 9.74. The highest BCUT2D eigenvalue weighted by molar-refractivity contribution is 5.44. The monoisotopic (exact) mass is 206 g/mol. The van der Waals surface area contributed by atoms with Crippen LogP contribution < -0.4 is 4.74 Å². The first-order chi connectivity index (χ1) is 6.89. The zero-order chi connectivity index (χ0) is 11.2.